The van der Waals surface area contributed by atoms with Crippen molar-refractivity contribution in [1.29, 1.82) is 0 Å². The number of halogens is 1. The number of carbonyl (C=O) groups is 2. The van der Waals surface area contributed by atoms with Crippen LogP contribution in [0.3, 0.4) is 0 Å². The second kappa shape index (κ2) is 6.56. The fourth-order valence-corrected chi connectivity index (χ4v) is 2.17. The summed E-state index contributed by atoms with van der Waals surface area (Å²) in [5, 5.41) is 2.96. The van der Waals surface area contributed by atoms with E-state index < -0.39 is 18.1 Å². The average Bonchev–Trinajstić information content (AvgIpc) is 2.45. The van der Waals surface area contributed by atoms with Gasteiger partial charge in [0.2, 0.25) is 0 Å². The highest BCUT2D eigenvalue weighted by atomic mass is 79.9. The molecule has 6 heteroatoms. The molecule has 2 atom stereocenters. The van der Waals surface area contributed by atoms with Gasteiger partial charge in [0.05, 0.1) is 0 Å². The van der Waals surface area contributed by atoms with E-state index in [-0.39, 0.29) is 12.7 Å². The molecular weight excluding hydrogens is 314 g/mol. The first kappa shape index (κ1) is 13.9. The Balaban J connectivity index is 1.87. The summed E-state index contributed by atoms with van der Waals surface area (Å²) >= 11 is 3.23. The Morgan fingerprint density at radius 3 is 2.84 bits per heavy atom. The van der Waals surface area contributed by atoms with Crippen LogP contribution in [0.25, 0.3) is 0 Å². The molecule has 0 aliphatic carbocycles. The van der Waals surface area contributed by atoms with Gasteiger partial charge in [-0.05, 0) is 5.56 Å². The van der Waals surface area contributed by atoms with Crippen molar-refractivity contribution in [3.63, 3.8) is 0 Å². The van der Waals surface area contributed by atoms with E-state index in [1.165, 1.54) is 0 Å². The molecule has 1 heterocycles. The Kier molecular flexibility index (Phi) is 4.79. The molecule has 102 valence electrons. The second-order valence-electron chi connectivity index (χ2n) is 4.21. The van der Waals surface area contributed by atoms with Crippen LogP contribution in [0, 0.1) is 0 Å². The van der Waals surface area contributed by atoms with Crippen LogP contribution in [0.15, 0.2) is 30.3 Å². The third kappa shape index (κ3) is 3.96. The lowest BCUT2D eigenvalue weighted by atomic mass is 10.1. The van der Waals surface area contributed by atoms with Crippen LogP contribution in [0.1, 0.15) is 12.0 Å². The molecule has 1 amide bonds. The van der Waals surface area contributed by atoms with Gasteiger partial charge in [0.25, 0.3) is 0 Å². The first-order valence-corrected chi connectivity index (χ1v) is 7.05. The Bertz CT molecular complexity index is 451. The van der Waals surface area contributed by atoms with Gasteiger partial charge in [-0.1, -0.05) is 46.3 Å². The maximum atomic E-state index is 11.9. The number of benzene rings is 1. The van der Waals surface area contributed by atoms with Crippen LogP contribution in [0.2, 0.25) is 0 Å². The molecule has 1 N–H and O–H groups in total. The first-order chi connectivity index (χ1) is 9.19. The smallest absolute Gasteiger partial charge is 0.408 e. The fourth-order valence-electron chi connectivity index (χ4n) is 1.78. The van der Waals surface area contributed by atoms with Gasteiger partial charge in [-0.25, -0.2) is 9.59 Å². The molecule has 0 radical (unpaired) electrons. The molecule has 2 rings (SSSR count). The van der Waals surface area contributed by atoms with Gasteiger partial charge in [-0.15, -0.1) is 0 Å². The number of nitrogens with one attached hydrogen (secondary N) is 1. The standard InChI is InChI=1S/C13H14BrNO4/c14-7-10-6-11(15-13(17)19-10)12(16)18-8-9-4-2-1-3-5-9/h1-5,10-11H,6-8H2,(H,15,17)/t10-,11-/m0/s1. The third-order valence-corrected chi connectivity index (χ3v) is 3.47. The van der Waals surface area contributed by atoms with E-state index in [1.807, 2.05) is 30.3 Å². The number of esters is 1. The molecule has 1 aromatic rings. The van der Waals surface area contributed by atoms with E-state index in [0.29, 0.717) is 11.8 Å². The average molecular weight is 328 g/mol. The van der Waals surface area contributed by atoms with Gasteiger partial charge < -0.3 is 14.8 Å². The lowest BCUT2D eigenvalue weighted by Crippen LogP contribution is -2.50. The number of cyclic esters (lactones) is 1. The van der Waals surface area contributed by atoms with Crippen LogP contribution in [-0.4, -0.2) is 29.5 Å². The SMILES string of the molecule is O=C1N[C@H](C(=O)OCc2ccccc2)C[C@@H](CBr)O1. The summed E-state index contributed by atoms with van der Waals surface area (Å²) in [5.41, 5.74) is 0.909. The van der Waals surface area contributed by atoms with Gasteiger partial charge in [-0.2, -0.15) is 0 Å². The van der Waals surface area contributed by atoms with Crippen molar-refractivity contribution in [3.8, 4) is 0 Å². The Morgan fingerprint density at radius 2 is 2.16 bits per heavy atom. The number of alkyl halides is 1. The molecule has 0 spiro atoms. The normalized spacial score (nSPS) is 22.3. The monoisotopic (exact) mass is 327 g/mol. The van der Waals surface area contributed by atoms with Gasteiger partial charge in [0.15, 0.2) is 0 Å². The van der Waals surface area contributed by atoms with Crippen LogP contribution in [0.5, 0.6) is 0 Å². The highest BCUT2D eigenvalue weighted by Gasteiger charge is 2.32. The largest absolute Gasteiger partial charge is 0.459 e. The molecule has 1 aliphatic rings. The van der Waals surface area contributed by atoms with Crippen molar-refractivity contribution >= 4 is 28.0 Å². The lowest BCUT2D eigenvalue weighted by molar-refractivity contribution is -0.149. The minimum Gasteiger partial charge on any atom is -0.459 e. The molecule has 1 saturated heterocycles. The Morgan fingerprint density at radius 1 is 1.42 bits per heavy atom. The third-order valence-electron chi connectivity index (χ3n) is 2.74. The zero-order valence-electron chi connectivity index (χ0n) is 10.2. The number of carbonyl (C=O) groups excluding carboxylic acids is 2. The molecular formula is C13H14BrNO4. The minimum atomic E-state index is -0.646. The highest BCUT2D eigenvalue weighted by molar-refractivity contribution is 9.09. The van der Waals surface area contributed by atoms with Crippen molar-refractivity contribution < 1.29 is 19.1 Å². The number of rotatable bonds is 4. The topological polar surface area (TPSA) is 64.6 Å². The minimum absolute atomic E-state index is 0.200. The molecule has 0 aromatic heterocycles. The lowest BCUT2D eigenvalue weighted by Gasteiger charge is -2.27. The summed E-state index contributed by atoms with van der Waals surface area (Å²) in [5.74, 6) is -0.438. The summed E-state index contributed by atoms with van der Waals surface area (Å²) in [6, 6.07) is 8.74. The Hall–Kier alpha value is -1.56. The number of alkyl carbamates (subject to hydrolysis) is 1. The van der Waals surface area contributed by atoms with Crippen molar-refractivity contribution in [2.24, 2.45) is 0 Å². The van der Waals surface area contributed by atoms with Crippen molar-refractivity contribution in [1.82, 2.24) is 5.32 Å². The first-order valence-electron chi connectivity index (χ1n) is 5.92. The summed E-state index contributed by atoms with van der Waals surface area (Å²) < 4.78 is 10.2. The van der Waals surface area contributed by atoms with Crippen molar-refractivity contribution in [2.75, 3.05) is 5.33 Å². The molecule has 5 nitrogen and oxygen atoms in total. The molecule has 1 fully saturated rings. The van der Waals surface area contributed by atoms with E-state index in [4.69, 9.17) is 9.47 Å². The molecule has 0 bridgehead atoms. The van der Waals surface area contributed by atoms with Crippen molar-refractivity contribution in [2.45, 2.75) is 25.2 Å². The maximum absolute atomic E-state index is 11.9. The summed E-state index contributed by atoms with van der Waals surface area (Å²) in [6.07, 6.45) is -0.481. The van der Waals surface area contributed by atoms with Gasteiger partial charge in [0, 0.05) is 11.8 Å². The molecule has 1 aromatic carbocycles. The Labute approximate surface area is 119 Å². The van der Waals surface area contributed by atoms with Gasteiger partial charge in [-0.3, -0.25) is 0 Å². The van der Waals surface area contributed by atoms with E-state index in [0.717, 1.165) is 5.56 Å². The van der Waals surface area contributed by atoms with E-state index in [1.54, 1.807) is 0 Å². The van der Waals surface area contributed by atoms with Crippen LogP contribution in [0.4, 0.5) is 4.79 Å². The number of hydrogen-bond acceptors (Lipinski definition) is 4. The van der Waals surface area contributed by atoms with Crippen LogP contribution < -0.4 is 5.32 Å². The number of amides is 1. The molecule has 19 heavy (non-hydrogen) atoms. The number of ether oxygens (including phenoxy) is 2. The predicted molar refractivity (Wildman–Crippen MR) is 71.8 cm³/mol. The zero-order valence-corrected chi connectivity index (χ0v) is 11.8. The van der Waals surface area contributed by atoms with Crippen molar-refractivity contribution in [3.05, 3.63) is 35.9 Å². The highest BCUT2D eigenvalue weighted by Crippen LogP contribution is 2.14. The van der Waals surface area contributed by atoms with E-state index in [2.05, 4.69) is 21.2 Å². The fraction of sp³-hybridized carbons (Fsp3) is 0.385. The van der Waals surface area contributed by atoms with Crippen LogP contribution >= 0.6 is 15.9 Å². The number of hydrogen-bond donors (Lipinski definition) is 1. The summed E-state index contributed by atoms with van der Waals surface area (Å²) in [4.78, 5) is 23.1. The summed E-state index contributed by atoms with van der Waals surface area (Å²) in [7, 11) is 0. The van der Waals surface area contributed by atoms with E-state index in [9.17, 15) is 9.59 Å². The molecule has 0 saturated carbocycles. The van der Waals surface area contributed by atoms with Gasteiger partial charge in [0.1, 0.15) is 18.8 Å². The molecule has 0 unspecified atom stereocenters. The van der Waals surface area contributed by atoms with Gasteiger partial charge >= 0.3 is 12.1 Å². The van der Waals surface area contributed by atoms with E-state index >= 15 is 0 Å². The maximum Gasteiger partial charge on any atom is 0.408 e. The van der Waals surface area contributed by atoms with Crippen LogP contribution in [-0.2, 0) is 20.9 Å². The quantitative estimate of drug-likeness (QED) is 0.678. The zero-order chi connectivity index (χ0) is 13.7. The second-order valence-corrected chi connectivity index (χ2v) is 4.86. The molecule has 1 aliphatic heterocycles. The summed E-state index contributed by atoms with van der Waals surface area (Å²) in [6.45, 7) is 0.200. The predicted octanol–water partition coefficient (Wildman–Crippen LogP) is 1.99.